The van der Waals surface area contributed by atoms with Crippen molar-refractivity contribution in [3.63, 3.8) is 0 Å². The van der Waals surface area contributed by atoms with Crippen LogP contribution in [0, 0.1) is 0 Å². The van der Waals surface area contributed by atoms with E-state index < -0.39 is 11.9 Å². The van der Waals surface area contributed by atoms with E-state index in [0.29, 0.717) is 0 Å². The normalized spacial score (nSPS) is 14.5. The van der Waals surface area contributed by atoms with Gasteiger partial charge in [-0.25, -0.2) is 9.59 Å². The summed E-state index contributed by atoms with van der Waals surface area (Å²) < 4.78 is 9.90. The van der Waals surface area contributed by atoms with Crippen LogP contribution in [0.15, 0.2) is 12.2 Å². The molecule has 0 fully saturated rings. The number of ether oxygens (including phenoxy) is 2. The summed E-state index contributed by atoms with van der Waals surface area (Å²) in [5, 5.41) is 0. The lowest BCUT2D eigenvalue weighted by molar-refractivity contribution is -0.145. The van der Waals surface area contributed by atoms with Crippen molar-refractivity contribution in [2.24, 2.45) is 0 Å². The van der Waals surface area contributed by atoms with Crippen molar-refractivity contribution in [3.8, 4) is 0 Å². The molecule has 0 aromatic rings. The first-order chi connectivity index (χ1) is 7.49. The number of hydrogen-bond acceptors (Lipinski definition) is 4. The highest BCUT2D eigenvalue weighted by molar-refractivity contribution is 5.91. The fourth-order valence-electron chi connectivity index (χ4n) is 0.778. The van der Waals surface area contributed by atoms with Crippen LogP contribution in [0.5, 0.6) is 0 Å². The molecule has 0 radical (unpaired) electrons. The zero-order valence-corrected chi connectivity index (χ0v) is 10.4. The van der Waals surface area contributed by atoms with Gasteiger partial charge in [0.15, 0.2) is 0 Å². The van der Waals surface area contributed by atoms with Gasteiger partial charge in [0.2, 0.25) is 0 Å². The number of esters is 2. The topological polar surface area (TPSA) is 52.6 Å². The molecule has 0 aliphatic rings. The van der Waals surface area contributed by atoms with E-state index in [1.165, 1.54) is 0 Å². The maximum Gasteiger partial charge on any atom is 0.331 e. The Morgan fingerprint density at radius 2 is 1.25 bits per heavy atom. The number of carbonyl (C=O) groups is 2. The summed E-state index contributed by atoms with van der Waals surface area (Å²) >= 11 is 0. The zero-order chi connectivity index (χ0) is 12.6. The minimum absolute atomic E-state index is 0.136. The first kappa shape index (κ1) is 14.7. The molecular weight excluding hydrogens is 208 g/mol. The monoisotopic (exact) mass is 228 g/mol. The molecular formula is C12H20O4. The fourth-order valence-corrected chi connectivity index (χ4v) is 0.778. The third kappa shape index (κ3) is 7.04. The minimum Gasteiger partial charge on any atom is -0.460 e. The van der Waals surface area contributed by atoms with E-state index in [-0.39, 0.29) is 12.2 Å². The third-order valence-electron chi connectivity index (χ3n) is 2.14. The molecule has 0 aromatic heterocycles. The standard InChI is InChI=1S/C12H20O4/c1-5-9(3)15-11(13)7-8-12(14)16-10(4)6-2/h7-10H,5-6H2,1-4H3/b8-7+/t9-,10-/m0/s1. The Bertz CT molecular complexity index is 232. The van der Waals surface area contributed by atoms with E-state index in [9.17, 15) is 9.59 Å². The number of carbonyl (C=O) groups excluding carboxylic acids is 2. The zero-order valence-electron chi connectivity index (χ0n) is 10.4. The Hall–Kier alpha value is -1.32. The largest absolute Gasteiger partial charge is 0.460 e. The predicted octanol–water partition coefficient (Wildman–Crippen LogP) is 2.23. The highest BCUT2D eigenvalue weighted by atomic mass is 16.5. The van der Waals surface area contributed by atoms with E-state index in [2.05, 4.69) is 0 Å². The van der Waals surface area contributed by atoms with Gasteiger partial charge in [-0.1, -0.05) is 13.8 Å². The summed E-state index contributed by atoms with van der Waals surface area (Å²) in [5.74, 6) is -1.04. The van der Waals surface area contributed by atoms with Gasteiger partial charge in [0.25, 0.3) is 0 Å². The molecule has 0 spiro atoms. The van der Waals surface area contributed by atoms with Crippen LogP contribution in [0.25, 0.3) is 0 Å². The average molecular weight is 228 g/mol. The van der Waals surface area contributed by atoms with Gasteiger partial charge in [-0.2, -0.15) is 0 Å². The molecule has 0 unspecified atom stereocenters. The smallest absolute Gasteiger partial charge is 0.331 e. The second-order valence-corrected chi connectivity index (χ2v) is 3.64. The van der Waals surface area contributed by atoms with Gasteiger partial charge in [-0.05, 0) is 26.7 Å². The molecule has 4 heteroatoms. The molecule has 92 valence electrons. The Morgan fingerprint density at radius 1 is 0.938 bits per heavy atom. The molecule has 0 aromatic carbocycles. The van der Waals surface area contributed by atoms with Crippen LogP contribution < -0.4 is 0 Å². The summed E-state index contributed by atoms with van der Waals surface area (Å²) in [6.07, 6.45) is 3.41. The van der Waals surface area contributed by atoms with Gasteiger partial charge < -0.3 is 9.47 Å². The number of rotatable bonds is 6. The Morgan fingerprint density at radius 3 is 1.50 bits per heavy atom. The van der Waals surface area contributed by atoms with E-state index in [0.717, 1.165) is 25.0 Å². The van der Waals surface area contributed by atoms with Crippen molar-refractivity contribution in [1.82, 2.24) is 0 Å². The summed E-state index contributed by atoms with van der Waals surface area (Å²) in [6.45, 7) is 7.42. The molecule has 4 nitrogen and oxygen atoms in total. The molecule has 0 saturated carbocycles. The Balaban J connectivity index is 3.98. The van der Waals surface area contributed by atoms with Crippen molar-refractivity contribution in [2.45, 2.75) is 52.7 Å². The van der Waals surface area contributed by atoms with Crippen molar-refractivity contribution in [3.05, 3.63) is 12.2 Å². The molecule has 0 heterocycles. The molecule has 0 aliphatic heterocycles. The van der Waals surface area contributed by atoms with Crippen molar-refractivity contribution in [2.75, 3.05) is 0 Å². The van der Waals surface area contributed by atoms with Crippen LogP contribution in [0.1, 0.15) is 40.5 Å². The van der Waals surface area contributed by atoms with Crippen molar-refractivity contribution in [1.29, 1.82) is 0 Å². The highest BCUT2D eigenvalue weighted by Crippen LogP contribution is 1.99. The van der Waals surface area contributed by atoms with E-state index in [1.807, 2.05) is 13.8 Å². The average Bonchev–Trinajstić information content (AvgIpc) is 2.26. The molecule has 0 N–H and O–H groups in total. The maximum absolute atomic E-state index is 11.2. The van der Waals surface area contributed by atoms with Gasteiger partial charge in [0, 0.05) is 12.2 Å². The van der Waals surface area contributed by atoms with Gasteiger partial charge in [0.1, 0.15) is 0 Å². The first-order valence-electron chi connectivity index (χ1n) is 5.58. The van der Waals surface area contributed by atoms with Gasteiger partial charge in [-0.3, -0.25) is 0 Å². The van der Waals surface area contributed by atoms with E-state index in [1.54, 1.807) is 13.8 Å². The van der Waals surface area contributed by atoms with Crippen LogP contribution in [0.2, 0.25) is 0 Å². The molecule has 0 amide bonds. The lowest BCUT2D eigenvalue weighted by Gasteiger charge is -2.09. The fraction of sp³-hybridized carbons (Fsp3) is 0.667. The van der Waals surface area contributed by atoms with Gasteiger partial charge >= 0.3 is 11.9 Å². The molecule has 0 rings (SSSR count). The Kier molecular flexibility index (Phi) is 7.25. The predicted molar refractivity (Wildman–Crippen MR) is 60.8 cm³/mol. The molecule has 0 aliphatic carbocycles. The maximum atomic E-state index is 11.2. The first-order valence-corrected chi connectivity index (χ1v) is 5.58. The quantitative estimate of drug-likeness (QED) is 0.516. The van der Waals surface area contributed by atoms with Crippen LogP contribution in [-0.4, -0.2) is 24.1 Å². The molecule has 16 heavy (non-hydrogen) atoms. The summed E-state index contributed by atoms with van der Waals surface area (Å²) in [6, 6.07) is 0. The SMILES string of the molecule is CC[C@H](C)OC(=O)/C=C/C(=O)O[C@@H](C)CC. The van der Waals surface area contributed by atoms with E-state index in [4.69, 9.17) is 9.47 Å². The van der Waals surface area contributed by atoms with Crippen molar-refractivity contribution >= 4 is 11.9 Å². The van der Waals surface area contributed by atoms with Crippen LogP contribution in [-0.2, 0) is 19.1 Å². The van der Waals surface area contributed by atoms with Gasteiger partial charge in [-0.15, -0.1) is 0 Å². The summed E-state index contributed by atoms with van der Waals surface area (Å²) in [5.41, 5.74) is 0. The lowest BCUT2D eigenvalue weighted by Crippen LogP contribution is -2.14. The minimum atomic E-state index is -0.518. The Labute approximate surface area is 96.6 Å². The second-order valence-electron chi connectivity index (χ2n) is 3.64. The number of hydrogen-bond donors (Lipinski definition) is 0. The third-order valence-corrected chi connectivity index (χ3v) is 2.14. The summed E-state index contributed by atoms with van der Waals surface area (Å²) in [7, 11) is 0. The van der Waals surface area contributed by atoms with Crippen LogP contribution in [0.3, 0.4) is 0 Å². The summed E-state index contributed by atoms with van der Waals surface area (Å²) in [4.78, 5) is 22.3. The molecule has 0 bridgehead atoms. The molecule has 0 saturated heterocycles. The van der Waals surface area contributed by atoms with Crippen LogP contribution in [0.4, 0.5) is 0 Å². The lowest BCUT2D eigenvalue weighted by atomic mass is 10.3. The van der Waals surface area contributed by atoms with E-state index >= 15 is 0 Å². The van der Waals surface area contributed by atoms with Gasteiger partial charge in [0.05, 0.1) is 12.2 Å². The van der Waals surface area contributed by atoms with Crippen molar-refractivity contribution < 1.29 is 19.1 Å². The second kappa shape index (κ2) is 7.91. The van der Waals surface area contributed by atoms with Crippen LogP contribution >= 0.6 is 0 Å². The highest BCUT2D eigenvalue weighted by Gasteiger charge is 2.07. The molecule has 2 atom stereocenters.